The summed E-state index contributed by atoms with van der Waals surface area (Å²) in [5, 5.41) is 11.9. The fraction of sp³-hybridized carbons (Fsp3) is 0.417. The monoisotopic (exact) mass is 257 g/mol. The molecule has 1 aromatic rings. The number of carbonyl (C=O) groups is 1. The molecular weight excluding hydrogens is 241 g/mol. The molecule has 1 rings (SSSR count). The van der Waals surface area contributed by atoms with Crippen LogP contribution in [0.4, 0.5) is 10.1 Å². The third-order valence-electron chi connectivity index (χ3n) is 2.32. The summed E-state index contributed by atoms with van der Waals surface area (Å²) in [6.07, 6.45) is 2.02. The predicted octanol–water partition coefficient (Wildman–Crippen LogP) is 2.93. The van der Waals surface area contributed by atoms with E-state index in [-0.39, 0.29) is 5.56 Å². The van der Waals surface area contributed by atoms with Crippen LogP contribution < -0.4 is 5.32 Å². The number of aromatic carboxylic acids is 1. The molecule has 0 radical (unpaired) electrons. The van der Waals surface area contributed by atoms with Crippen LogP contribution in [0.2, 0.25) is 0 Å². The Labute approximate surface area is 104 Å². The van der Waals surface area contributed by atoms with E-state index in [9.17, 15) is 9.18 Å². The van der Waals surface area contributed by atoms with Gasteiger partial charge in [0, 0.05) is 6.54 Å². The average Bonchev–Trinajstić information content (AvgIpc) is 2.26. The lowest BCUT2D eigenvalue weighted by molar-refractivity contribution is 0.0693. The third-order valence-corrected chi connectivity index (χ3v) is 3.22. The second-order valence-corrected chi connectivity index (χ2v) is 4.82. The van der Waals surface area contributed by atoms with Crippen molar-refractivity contribution in [1.29, 1.82) is 0 Å². The van der Waals surface area contributed by atoms with Crippen LogP contribution in [0.1, 0.15) is 17.3 Å². The number of anilines is 1. The van der Waals surface area contributed by atoms with E-state index in [1.54, 1.807) is 17.8 Å². The lowest BCUT2D eigenvalue weighted by Gasteiger charge is -2.14. The van der Waals surface area contributed by atoms with Crippen LogP contribution in [0.25, 0.3) is 0 Å². The highest BCUT2D eigenvalue weighted by atomic mass is 32.2. The van der Waals surface area contributed by atoms with Gasteiger partial charge in [0.15, 0.2) is 0 Å². The van der Waals surface area contributed by atoms with E-state index in [4.69, 9.17) is 5.11 Å². The summed E-state index contributed by atoms with van der Waals surface area (Å²) in [7, 11) is 0. The van der Waals surface area contributed by atoms with Crippen LogP contribution in [-0.4, -0.2) is 29.6 Å². The highest BCUT2D eigenvalue weighted by Gasteiger charge is 2.15. The van der Waals surface area contributed by atoms with Gasteiger partial charge in [-0.3, -0.25) is 0 Å². The summed E-state index contributed by atoms with van der Waals surface area (Å²) in [5.41, 5.74) is 0.0503. The van der Waals surface area contributed by atoms with Crippen molar-refractivity contribution in [2.45, 2.75) is 6.92 Å². The lowest BCUT2D eigenvalue weighted by Crippen LogP contribution is -2.16. The van der Waals surface area contributed by atoms with Crippen LogP contribution in [0.15, 0.2) is 18.2 Å². The molecule has 3 nitrogen and oxygen atoms in total. The number of benzene rings is 1. The smallest absolute Gasteiger partial charge is 0.340 e. The molecule has 0 aliphatic heterocycles. The molecule has 17 heavy (non-hydrogen) atoms. The number of halogens is 1. The van der Waals surface area contributed by atoms with Gasteiger partial charge in [0.05, 0.1) is 5.69 Å². The van der Waals surface area contributed by atoms with Gasteiger partial charge in [0.2, 0.25) is 0 Å². The molecular formula is C12H16FNO2S. The summed E-state index contributed by atoms with van der Waals surface area (Å²) in [6.45, 7) is 2.69. The zero-order valence-electron chi connectivity index (χ0n) is 9.87. The standard InChI is InChI=1S/C12H16FNO2S/c1-8(7-17-2)6-14-10-5-3-4-9(13)11(10)12(15)16/h3-5,8,14H,6-7H2,1-2H3,(H,15,16). The SMILES string of the molecule is CSCC(C)CNc1cccc(F)c1C(=O)O. The number of thioether (sulfide) groups is 1. The van der Waals surface area contributed by atoms with Gasteiger partial charge < -0.3 is 10.4 Å². The third kappa shape index (κ3) is 3.93. The minimum atomic E-state index is -1.25. The molecule has 0 saturated carbocycles. The molecule has 1 aromatic carbocycles. The Balaban J connectivity index is 2.77. The molecule has 1 atom stereocenters. The summed E-state index contributed by atoms with van der Waals surface area (Å²) in [6, 6.07) is 4.24. The van der Waals surface area contributed by atoms with Gasteiger partial charge in [-0.05, 0) is 30.1 Å². The van der Waals surface area contributed by atoms with Gasteiger partial charge in [-0.25, -0.2) is 9.18 Å². The van der Waals surface area contributed by atoms with Crippen LogP contribution in [0.5, 0.6) is 0 Å². The zero-order valence-corrected chi connectivity index (χ0v) is 10.7. The first kappa shape index (κ1) is 13.8. The van der Waals surface area contributed by atoms with E-state index >= 15 is 0 Å². The molecule has 94 valence electrons. The van der Waals surface area contributed by atoms with Crippen molar-refractivity contribution >= 4 is 23.4 Å². The highest BCUT2D eigenvalue weighted by Crippen LogP contribution is 2.19. The lowest BCUT2D eigenvalue weighted by atomic mass is 10.1. The van der Waals surface area contributed by atoms with Crippen LogP contribution in [-0.2, 0) is 0 Å². The largest absolute Gasteiger partial charge is 0.478 e. The van der Waals surface area contributed by atoms with Gasteiger partial charge in [-0.1, -0.05) is 13.0 Å². The summed E-state index contributed by atoms with van der Waals surface area (Å²) >= 11 is 1.73. The average molecular weight is 257 g/mol. The Bertz CT molecular complexity index is 398. The van der Waals surface area contributed by atoms with Crippen LogP contribution >= 0.6 is 11.8 Å². The molecule has 0 aliphatic carbocycles. The van der Waals surface area contributed by atoms with E-state index in [0.717, 1.165) is 11.8 Å². The highest BCUT2D eigenvalue weighted by molar-refractivity contribution is 7.98. The van der Waals surface area contributed by atoms with E-state index in [1.165, 1.54) is 6.07 Å². The van der Waals surface area contributed by atoms with E-state index in [0.29, 0.717) is 18.2 Å². The molecule has 0 saturated heterocycles. The molecule has 0 heterocycles. The first-order valence-corrected chi connectivity index (χ1v) is 6.70. The second kappa shape index (κ2) is 6.49. The van der Waals surface area contributed by atoms with Crippen molar-refractivity contribution in [1.82, 2.24) is 0 Å². The molecule has 0 bridgehead atoms. The number of carboxylic acids is 1. The van der Waals surface area contributed by atoms with Gasteiger partial charge in [-0.2, -0.15) is 11.8 Å². The summed E-state index contributed by atoms with van der Waals surface area (Å²) in [5.74, 6) is -0.580. The van der Waals surface area contributed by atoms with Crippen molar-refractivity contribution in [2.24, 2.45) is 5.92 Å². The maximum Gasteiger partial charge on any atom is 0.340 e. The Hall–Kier alpha value is -1.23. The molecule has 0 amide bonds. The number of hydrogen-bond donors (Lipinski definition) is 2. The number of hydrogen-bond acceptors (Lipinski definition) is 3. The van der Waals surface area contributed by atoms with Crippen molar-refractivity contribution in [2.75, 3.05) is 23.9 Å². The Morgan fingerprint density at radius 1 is 1.59 bits per heavy atom. The van der Waals surface area contributed by atoms with E-state index < -0.39 is 11.8 Å². The molecule has 0 fully saturated rings. The molecule has 0 aromatic heterocycles. The molecule has 0 aliphatic rings. The minimum absolute atomic E-state index is 0.288. The fourth-order valence-corrected chi connectivity index (χ4v) is 2.20. The Kier molecular flexibility index (Phi) is 5.28. The van der Waals surface area contributed by atoms with Crippen molar-refractivity contribution in [3.8, 4) is 0 Å². The number of nitrogens with one attached hydrogen (secondary N) is 1. The molecule has 2 N–H and O–H groups in total. The first-order valence-electron chi connectivity index (χ1n) is 5.31. The Morgan fingerprint density at radius 3 is 2.88 bits per heavy atom. The number of carboxylic acid groups (broad SMARTS) is 1. The van der Waals surface area contributed by atoms with Gasteiger partial charge >= 0.3 is 5.97 Å². The fourth-order valence-electron chi connectivity index (χ4n) is 1.52. The van der Waals surface area contributed by atoms with E-state index in [1.807, 2.05) is 6.26 Å². The topological polar surface area (TPSA) is 49.3 Å². The minimum Gasteiger partial charge on any atom is -0.478 e. The molecule has 0 spiro atoms. The first-order chi connectivity index (χ1) is 8.06. The normalized spacial score (nSPS) is 12.2. The molecule has 1 unspecified atom stereocenters. The van der Waals surface area contributed by atoms with Crippen LogP contribution in [0, 0.1) is 11.7 Å². The van der Waals surface area contributed by atoms with Gasteiger partial charge in [0.25, 0.3) is 0 Å². The predicted molar refractivity (Wildman–Crippen MR) is 69.4 cm³/mol. The maximum absolute atomic E-state index is 13.3. The maximum atomic E-state index is 13.3. The summed E-state index contributed by atoms with van der Waals surface area (Å²) in [4.78, 5) is 10.9. The zero-order chi connectivity index (χ0) is 12.8. The van der Waals surface area contributed by atoms with Crippen molar-refractivity contribution in [3.05, 3.63) is 29.6 Å². The summed E-state index contributed by atoms with van der Waals surface area (Å²) < 4.78 is 13.3. The van der Waals surface area contributed by atoms with E-state index in [2.05, 4.69) is 12.2 Å². The number of rotatable bonds is 6. The van der Waals surface area contributed by atoms with Crippen LogP contribution in [0.3, 0.4) is 0 Å². The van der Waals surface area contributed by atoms with Crippen molar-refractivity contribution in [3.63, 3.8) is 0 Å². The second-order valence-electron chi connectivity index (χ2n) is 3.91. The quantitative estimate of drug-likeness (QED) is 0.822. The molecule has 5 heteroatoms. The van der Waals surface area contributed by atoms with Gasteiger partial charge in [0.1, 0.15) is 11.4 Å². The Morgan fingerprint density at radius 2 is 2.29 bits per heavy atom. The van der Waals surface area contributed by atoms with Crippen molar-refractivity contribution < 1.29 is 14.3 Å². The van der Waals surface area contributed by atoms with Gasteiger partial charge in [-0.15, -0.1) is 0 Å².